The highest BCUT2D eigenvalue weighted by Gasteiger charge is 2.64. The summed E-state index contributed by atoms with van der Waals surface area (Å²) in [7, 11) is 0. The average molecular weight is 291 g/mol. The quantitative estimate of drug-likeness (QED) is 0.841. The van der Waals surface area contributed by atoms with E-state index in [1.54, 1.807) is 6.08 Å². The normalized spacial score (nSPS) is 25.8. The molecule has 21 heavy (non-hydrogen) atoms. The van der Waals surface area contributed by atoms with Gasteiger partial charge in [0, 0.05) is 19.4 Å². The van der Waals surface area contributed by atoms with Gasteiger partial charge in [-0.25, -0.2) is 8.78 Å². The van der Waals surface area contributed by atoms with E-state index in [0.29, 0.717) is 25.0 Å². The number of rotatable bonds is 4. The average Bonchev–Trinajstić information content (AvgIpc) is 3.04. The second-order valence-electron chi connectivity index (χ2n) is 6.14. The van der Waals surface area contributed by atoms with Crippen molar-refractivity contribution in [2.24, 2.45) is 5.41 Å². The van der Waals surface area contributed by atoms with Gasteiger partial charge < -0.3 is 5.32 Å². The Morgan fingerprint density at radius 1 is 1.24 bits per heavy atom. The van der Waals surface area contributed by atoms with Crippen LogP contribution in [0, 0.1) is 12.3 Å². The van der Waals surface area contributed by atoms with Gasteiger partial charge in [-0.15, -0.1) is 0 Å². The zero-order valence-corrected chi connectivity index (χ0v) is 12.1. The van der Waals surface area contributed by atoms with E-state index in [1.165, 1.54) is 5.56 Å². The molecule has 1 spiro atoms. The first kappa shape index (κ1) is 14.2. The molecule has 0 saturated heterocycles. The second-order valence-corrected chi connectivity index (χ2v) is 6.14. The van der Waals surface area contributed by atoms with E-state index >= 15 is 0 Å². The van der Waals surface area contributed by atoms with E-state index in [9.17, 15) is 13.6 Å². The van der Waals surface area contributed by atoms with E-state index in [1.807, 2.05) is 31.2 Å². The van der Waals surface area contributed by atoms with Gasteiger partial charge in [0.25, 0.3) is 5.92 Å². The maximum Gasteiger partial charge on any atom is 0.260 e. The lowest BCUT2D eigenvalue weighted by molar-refractivity contribution is -0.120. The van der Waals surface area contributed by atoms with Crippen LogP contribution in [0.15, 0.2) is 35.9 Å². The fourth-order valence-corrected chi connectivity index (χ4v) is 3.18. The highest BCUT2D eigenvalue weighted by atomic mass is 19.3. The molecule has 3 rings (SSSR count). The van der Waals surface area contributed by atoms with Crippen LogP contribution in [0.1, 0.15) is 36.8 Å². The standard InChI is InChI=1S/C17H19F2NO/c1-12-3-5-13(6-4-12)11-20-15(21)9-14-10-16(14)7-2-8-17(16,18)19/h3-6,10H,2,7-9,11H2,1H3,(H,20,21). The Bertz CT molecular complexity index is 591. The third-order valence-electron chi connectivity index (χ3n) is 4.59. The molecule has 1 aromatic rings. The van der Waals surface area contributed by atoms with Gasteiger partial charge in [-0.2, -0.15) is 0 Å². The number of hydrogen-bond donors (Lipinski definition) is 1. The van der Waals surface area contributed by atoms with Crippen molar-refractivity contribution in [1.29, 1.82) is 0 Å². The number of aryl methyl sites for hydroxylation is 1. The fraction of sp³-hybridized carbons (Fsp3) is 0.471. The molecule has 1 aromatic carbocycles. The van der Waals surface area contributed by atoms with E-state index in [2.05, 4.69) is 5.32 Å². The molecule has 112 valence electrons. The smallest absolute Gasteiger partial charge is 0.260 e. The summed E-state index contributed by atoms with van der Waals surface area (Å²) in [5, 5.41) is 2.80. The van der Waals surface area contributed by atoms with Crippen LogP contribution in [0.4, 0.5) is 8.78 Å². The van der Waals surface area contributed by atoms with Crippen LogP contribution in [0.5, 0.6) is 0 Å². The van der Waals surface area contributed by atoms with E-state index in [0.717, 1.165) is 5.56 Å². The third kappa shape index (κ3) is 2.59. The number of allylic oxidation sites excluding steroid dienone is 1. The maximum absolute atomic E-state index is 13.8. The van der Waals surface area contributed by atoms with Crippen molar-refractivity contribution in [3.63, 3.8) is 0 Å². The highest BCUT2D eigenvalue weighted by molar-refractivity contribution is 5.80. The molecule has 0 heterocycles. The van der Waals surface area contributed by atoms with Gasteiger partial charge in [0.05, 0.1) is 5.41 Å². The molecule has 1 saturated carbocycles. The molecule has 4 heteroatoms. The monoisotopic (exact) mass is 291 g/mol. The van der Waals surface area contributed by atoms with E-state index < -0.39 is 11.3 Å². The van der Waals surface area contributed by atoms with Crippen LogP contribution in [-0.4, -0.2) is 11.8 Å². The van der Waals surface area contributed by atoms with Crippen LogP contribution in [-0.2, 0) is 11.3 Å². The first-order valence-electron chi connectivity index (χ1n) is 7.35. The molecular weight excluding hydrogens is 272 g/mol. The number of hydrogen-bond acceptors (Lipinski definition) is 1. The molecule has 0 radical (unpaired) electrons. The number of nitrogens with one attached hydrogen (secondary N) is 1. The lowest BCUT2D eigenvalue weighted by atomic mass is 9.93. The summed E-state index contributed by atoms with van der Waals surface area (Å²) in [6, 6.07) is 7.88. The summed E-state index contributed by atoms with van der Waals surface area (Å²) < 4.78 is 27.6. The summed E-state index contributed by atoms with van der Waals surface area (Å²) in [5.74, 6) is -2.83. The molecule has 0 bridgehead atoms. The van der Waals surface area contributed by atoms with Crippen LogP contribution in [0.2, 0.25) is 0 Å². The Morgan fingerprint density at radius 3 is 2.57 bits per heavy atom. The zero-order valence-electron chi connectivity index (χ0n) is 12.1. The van der Waals surface area contributed by atoms with Crippen molar-refractivity contribution in [1.82, 2.24) is 5.32 Å². The van der Waals surface area contributed by atoms with Crippen molar-refractivity contribution in [3.05, 3.63) is 47.0 Å². The summed E-state index contributed by atoms with van der Waals surface area (Å²) in [6.45, 7) is 2.44. The molecule has 1 amide bonds. The molecule has 1 unspecified atom stereocenters. The number of halogens is 2. The molecule has 2 nitrogen and oxygen atoms in total. The van der Waals surface area contributed by atoms with Gasteiger partial charge in [0.15, 0.2) is 0 Å². The van der Waals surface area contributed by atoms with Gasteiger partial charge in [-0.1, -0.05) is 35.9 Å². The van der Waals surface area contributed by atoms with Gasteiger partial charge in [-0.3, -0.25) is 4.79 Å². The zero-order chi connectivity index (χ0) is 15.1. The number of carbonyl (C=O) groups excluding carboxylic acids is 1. The SMILES string of the molecule is Cc1ccc(CNC(=O)CC2=CC23CCCC3(F)F)cc1. The van der Waals surface area contributed by atoms with E-state index in [-0.39, 0.29) is 18.7 Å². The predicted octanol–water partition coefficient (Wildman–Crippen LogP) is 3.75. The fourth-order valence-electron chi connectivity index (χ4n) is 3.18. The number of amides is 1. The Morgan fingerprint density at radius 2 is 1.95 bits per heavy atom. The molecule has 1 atom stereocenters. The molecule has 0 aromatic heterocycles. The van der Waals surface area contributed by atoms with Crippen LogP contribution in [0.25, 0.3) is 0 Å². The van der Waals surface area contributed by atoms with Gasteiger partial charge >= 0.3 is 0 Å². The Kier molecular flexibility index (Phi) is 3.34. The highest BCUT2D eigenvalue weighted by Crippen LogP contribution is 2.65. The molecular formula is C17H19F2NO. The molecule has 2 aliphatic rings. The van der Waals surface area contributed by atoms with Gasteiger partial charge in [0.2, 0.25) is 5.91 Å². The molecule has 2 aliphatic carbocycles. The van der Waals surface area contributed by atoms with Crippen LogP contribution < -0.4 is 5.32 Å². The minimum absolute atomic E-state index is 0.0576. The predicted molar refractivity (Wildman–Crippen MR) is 77.0 cm³/mol. The first-order valence-corrected chi connectivity index (χ1v) is 7.35. The van der Waals surface area contributed by atoms with Gasteiger partial charge in [0.1, 0.15) is 0 Å². The second kappa shape index (κ2) is 4.93. The van der Waals surface area contributed by atoms with Crippen molar-refractivity contribution in [3.8, 4) is 0 Å². The molecule has 0 aliphatic heterocycles. The lowest BCUT2D eigenvalue weighted by Crippen LogP contribution is -2.28. The number of alkyl halides is 2. The first-order chi connectivity index (χ1) is 9.93. The Labute approximate surface area is 123 Å². The van der Waals surface area contributed by atoms with E-state index in [4.69, 9.17) is 0 Å². The van der Waals surface area contributed by atoms with Crippen molar-refractivity contribution in [2.45, 2.75) is 45.1 Å². The van der Waals surface area contributed by atoms with Crippen molar-refractivity contribution in [2.75, 3.05) is 0 Å². The topological polar surface area (TPSA) is 29.1 Å². The third-order valence-corrected chi connectivity index (χ3v) is 4.59. The largest absolute Gasteiger partial charge is 0.352 e. The maximum atomic E-state index is 13.8. The Balaban J connectivity index is 1.50. The van der Waals surface area contributed by atoms with Crippen molar-refractivity contribution >= 4 is 5.91 Å². The minimum Gasteiger partial charge on any atom is -0.352 e. The summed E-state index contributed by atoms with van der Waals surface area (Å²) >= 11 is 0. The minimum atomic E-state index is -2.65. The van der Waals surface area contributed by atoms with Gasteiger partial charge in [-0.05, 0) is 30.9 Å². The summed E-state index contributed by atoms with van der Waals surface area (Å²) in [5.41, 5.74) is 1.73. The van der Waals surface area contributed by atoms with Crippen LogP contribution >= 0.6 is 0 Å². The molecule has 1 fully saturated rings. The number of carbonyl (C=O) groups is 1. The summed E-state index contributed by atoms with van der Waals surface area (Å²) in [6.07, 6.45) is 2.67. The van der Waals surface area contributed by atoms with Crippen molar-refractivity contribution < 1.29 is 13.6 Å². The van der Waals surface area contributed by atoms with Crippen LogP contribution in [0.3, 0.4) is 0 Å². The summed E-state index contributed by atoms with van der Waals surface area (Å²) in [4.78, 5) is 11.9. The lowest BCUT2D eigenvalue weighted by Gasteiger charge is -2.20. The Hall–Kier alpha value is -1.71. The molecule has 1 N–H and O–H groups in total. The number of benzene rings is 1.